The van der Waals surface area contributed by atoms with Crippen LogP contribution in [0, 0.1) is 0 Å². The Morgan fingerprint density at radius 3 is 2.78 bits per heavy atom. The Kier molecular flexibility index (Phi) is 2.49. The molecule has 5 heteroatoms. The summed E-state index contributed by atoms with van der Waals surface area (Å²) in [5, 5.41) is 2.64. The Morgan fingerprint density at radius 1 is 1.17 bits per heavy atom. The normalized spacial score (nSPS) is 10.4. The molecule has 2 N–H and O–H groups in total. The molecule has 0 saturated heterocycles. The van der Waals surface area contributed by atoms with Gasteiger partial charge in [0.05, 0.1) is 11.2 Å². The summed E-state index contributed by atoms with van der Waals surface area (Å²) in [5.74, 6) is 0.757. The van der Waals surface area contributed by atoms with Crippen LogP contribution >= 0.6 is 0 Å². The number of para-hydroxylation sites is 1. The average molecular weight is 238 g/mol. The number of carbonyl (C=O) groups excluding carboxylic acids is 1. The molecule has 1 aromatic carbocycles. The number of hydrogen-bond acceptors (Lipinski definition) is 3. The topological polar surface area (TPSA) is 70.7 Å². The van der Waals surface area contributed by atoms with Gasteiger partial charge in [0, 0.05) is 18.0 Å². The van der Waals surface area contributed by atoms with Crippen LogP contribution in [0.2, 0.25) is 0 Å². The van der Waals surface area contributed by atoms with Crippen LogP contribution in [0.15, 0.2) is 42.7 Å². The first-order chi connectivity index (χ1) is 8.88. The number of nitrogens with one attached hydrogen (secondary N) is 2. The van der Waals surface area contributed by atoms with Crippen LogP contribution in [0.3, 0.4) is 0 Å². The first-order valence-corrected chi connectivity index (χ1v) is 5.48. The SMILES string of the molecule is O=CNc1cccc2[nH]c(-c3ccncc3)nc12. The first-order valence-electron chi connectivity index (χ1n) is 5.48. The van der Waals surface area contributed by atoms with Crippen LogP contribution in [0.25, 0.3) is 22.4 Å². The fourth-order valence-corrected chi connectivity index (χ4v) is 1.86. The lowest BCUT2D eigenvalue weighted by Gasteiger charge is -1.97. The maximum Gasteiger partial charge on any atom is 0.211 e. The first kappa shape index (κ1) is 10.5. The molecule has 2 aromatic heterocycles. The van der Waals surface area contributed by atoms with E-state index < -0.39 is 0 Å². The van der Waals surface area contributed by atoms with Crippen molar-refractivity contribution >= 4 is 23.1 Å². The van der Waals surface area contributed by atoms with Gasteiger partial charge in [0.15, 0.2) is 0 Å². The van der Waals surface area contributed by atoms with Gasteiger partial charge in [0.2, 0.25) is 6.41 Å². The molecule has 88 valence electrons. The molecule has 0 saturated carbocycles. The van der Waals surface area contributed by atoms with Crippen LogP contribution in [0.5, 0.6) is 0 Å². The third-order valence-corrected chi connectivity index (χ3v) is 2.68. The number of carbonyl (C=O) groups is 1. The number of aromatic amines is 1. The van der Waals surface area contributed by atoms with Gasteiger partial charge in [-0.3, -0.25) is 9.78 Å². The summed E-state index contributed by atoms with van der Waals surface area (Å²) in [6.07, 6.45) is 4.08. The van der Waals surface area contributed by atoms with Crippen molar-refractivity contribution in [2.24, 2.45) is 0 Å². The van der Waals surface area contributed by atoms with E-state index in [-0.39, 0.29) is 0 Å². The molecular formula is C13H10N4O. The zero-order valence-corrected chi connectivity index (χ0v) is 9.42. The zero-order chi connectivity index (χ0) is 12.4. The minimum Gasteiger partial charge on any atom is -0.338 e. The van der Waals surface area contributed by atoms with Crippen molar-refractivity contribution in [3.05, 3.63) is 42.7 Å². The van der Waals surface area contributed by atoms with Gasteiger partial charge in [-0.15, -0.1) is 0 Å². The predicted molar refractivity (Wildman–Crippen MR) is 69.0 cm³/mol. The number of anilines is 1. The summed E-state index contributed by atoms with van der Waals surface area (Å²) in [5.41, 5.74) is 3.28. The average Bonchev–Trinajstić information content (AvgIpc) is 2.85. The minimum absolute atomic E-state index is 0.648. The summed E-state index contributed by atoms with van der Waals surface area (Å²) in [4.78, 5) is 22.2. The van der Waals surface area contributed by atoms with Gasteiger partial charge in [-0.2, -0.15) is 0 Å². The van der Waals surface area contributed by atoms with Crippen molar-refractivity contribution in [2.75, 3.05) is 5.32 Å². The molecule has 18 heavy (non-hydrogen) atoms. The van der Waals surface area contributed by atoms with E-state index in [0.29, 0.717) is 12.1 Å². The number of H-pyrrole nitrogens is 1. The fraction of sp³-hybridized carbons (Fsp3) is 0. The Hall–Kier alpha value is -2.69. The quantitative estimate of drug-likeness (QED) is 0.687. The van der Waals surface area contributed by atoms with Gasteiger partial charge in [-0.1, -0.05) is 6.07 Å². The van der Waals surface area contributed by atoms with Crippen molar-refractivity contribution in [3.63, 3.8) is 0 Å². The number of imidazole rings is 1. The number of aromatic nitrogens is 3. The molecule has 3 rings (SSSR count). The molecule has 0 aliphatic heterocycles. The Bertz CT molecular complexity index is 691. The third-order valence-electron chi connectivity index (χ3n) is 2.68. The molecule has 1 amide bonds. The van der Waals surface area contributed by atoms with Crippen molar-refractivity contribution in [1.29, 1.82) is 0 Å². The molecule has 3 aromatic rings. The molecule has 0 spiro atoms. The number of pyridine rings is 1. The summed E-state index contributed by atoms with van der Waals surface area (Å²) in [7, 11) is 0. The largest absolute Gasteiger partial charge is 0.338 e. The van der Waals surface area contributed by atoms with Gasteiger partial charge in [-0.05, 0) is 24.3 Å². The highest BCUT2D eigenvalue weighted by Crippen LogP contribution is 2.24. The predicted octanol–water partition coefficient (Wildman–Crippen LogP) is 2.19. The van der Waals surface area contributed by atoms with Crippen LogP contribution in [-0.2, 0) is 4.79 Å². The van der Waals surface area contributed by atoms with E-state index in [4.69, 9.17) is 0 Å². The summed E-state index contributed by atoms with van der Waals surface area (Å²) in [6.45, 7) is 0. The number of rotatable bonds is 3. The number of nitrogens with zero attached hydrogens (tertiary/aromatic N) is 2. The van der Waals surface area contributed by atoms with Gasteiger partial charge >= 0.3 is 0 Å². The highest BCUT2D eigenvalue weighted by Gasteiger charge is 2.07. The molecular weight excluding hydrogens is 228 g/mol. The van der Waals surface area contributed by atoms with E-state index >= 15 is 0 Å². The van der Waals surface area contributed by atoms with Gasteiger partial charge in [0.1, 0.15) is 11.3 Å². The fourth-order valence-electron chi connectivity index (χ4n) is 1.86. The van der Waals surface area contributed by atoms with E-state index in [2.05, 4.69) is 20.3 Å². The summed E-state index contributed by atoms with van der Waals surface area (Å²) < 4.78 is 0. The van der Waals surface area contributed by atoms with Crippen molar-refractivity contribution in [2.45, 2.75) is 0 Å². The molecule has 0 atom stereocenters. The standard InChI is InChI=1S/C13H10N4O/c18-8-15-10-2-1-3-11-12(10)17-13(16-11)9-4-6-14-7-5-9/h1-8H,(H,15,18)(H,16,17). The van der Waals surface area contributed by atoms with Crippen LogP contribution in [0.4, 0.5) is 5.69 Å². The van der Waals surface area contributed by atoms with Crippen molar-refractivity contribution in [3.8, 4) is 11.4 Å². The monoisotopic (exact) mass is 238 g/mol. The molecule has 0 fully saturated rings. The molecule has 0 bridgehead atoms. The van der Waals surface area contributed by atoms with E-state index in [0.717, 1.165) is 22.4 Å². The second-order valence-electron chi connectivity index (χ2n) is 3.79. The molecule has 0 radical (unpaired) electrons. The van der Waals surface area contributed by atoms with Crippen LogP contribution in [-0.4, -0.2) is 21.4 Å². The maximum absolute atomic E-state index is 10.5. The summed E-state index contributed by atoms with van der Waals surface area (Å²) in [6, 6.07) is 9.36. The Labute approximate surface area is 103 Å². The Balaban J connectivity index is 2.17. The molecule has 2 heterocycles. The number of amides is 1. The molecule has 5 nitrogen and oxygen atoms in total. The number of hydrogen-bond donors (Lipinski definition) is 2. The zero-order valence-electron chi connectivity index (χ0n) is 9.42. The highest BCUT2D eigenvalue weighted by atomic mass is 16.1. The third kappa shape index (κ3) is 1.71. The lowest BCUT2D eigenvalue weighted by atomic mass is 10.2. The maximum atomic E-state index is 10.5. The molecule has 0 aliphatic rings. The van der Waals surface area contributed by atoms with Gasteiger partial charge < -0.3 is 10.3 Å². The molecule has 0 unspecified atom stereocenters. The second kappa shape index (κ2) is 4.29. The number of benzene rings is 1. The van der Waals surface area contributed by atoms with Gasteiger partial charge in [-0.25, -0.2) is 4.98 Å². The Morgan fingerprint density at radius 2 is 2.00 bits per heavy atom. The van der Waals surface area contributed by atoms with E-state index in [1.165, 1.54) is 0 Å². The van der Waals surface area contributed by atoms with Gasteiger partial charge in [0.25, 0.3) is 0 Å². The lowest BCUT2D eigenvalue weighted by molar-refractivity contribution is -0.105. The number of fused-ring (bicyclic) bond motifs is 1. The van der Waals surface area contributed by atoms with E-state index in [1.54, 1.807) is 12.4 Å². The second-order valence-corrected chi connectivity index (χ2v) is 3.79. The smallest absolute Gasteiger partial charge is 0.211 e. The van der Waals surface area contributed by atoms with E-state index in [1.807, 2.05) is 30.3 Å². The van der Waals surface area contributed by atoms with Crippen molar-refractivity contribution < 1.29 is 4.79 Å². The van der Waals surface area contributed by atoms with Crippen LogP contribution in [0.1, 0.15) is 0 Å². The van der Waals surface area contributed by atoms with Crippen LogP contribution < -0.4 is 5.32 Å². The minimum atomic E-state index is 0.648. The highest BCUT2D eigenvalue weighted by molar-refractivity contribution is 5.94. The lowest BCUT2D eigenvalue weighted by Crippen LogP contribution is -1.93. The molecule has 0 aliphatic carbocycles. The summed E-state index contributed by atoms with van der Waals surface area (Å²) >= 11 is 0. The van der Waals surface area contributed by atoms with Crippen molar-refractivity contribution in [1.82, 2.24) is 15.0 Å². The van der Waals surface area contributed by atoms with E-state index in [9.17, 15) is 4.79 Å².